The number of rotatable bonds is 34. The number of halogens is 2. The third-order valence-corrected chi connectivity index (χ3v) is 29.3. The van der Waals surface area contributed by atoms with Crippen LogP contribution in [0, 0.1) is 0 Å². The zero-order valence-electron chi connectivity index (χ0n) is 73.2. The molecule has 4 aromatic rings. The van der Waals surface area contributed by atoms with Crippen LogP contribution in [-0.2, 0) is 131 Å². The van der Waals surface area contributed by atoms with Crippen LogP contribution in [0.2, 0.25) is 0 Å². The van der Waals surface area contributed by atoms with E-state index < -0.39 is 223 Å². The Labute approximate surface area is 771 Å². The first-order valence-corrected chi connectivity index (χ1v) is 51.6. The Morgan fingerprint density at radius 1 is 0.400 bits per heavy atom. The molecule has 4 amide bonds. The van der Waals surface area contributed by atoms with E-state index in [0.717, 1.165) is 54.6 Å². The molecule has 5 aliphatic heterocycles. The Hall–Kier alpha value is -7.33. The fourth-order valence-electron chi connectivity index (χ4n) is 12.2. The molecule has 0 bridgehead atoms. The van der Waals surface area contributed by atoms with Gasteiger partial charge in [-0.2, -0.15) is 21.6 Å². The van der Waals surface area contributed by atoms with Gasteiger partial charge in [-0.25, -0.2) is 46.6 Å². The molecule has 5 saturated heterocycles. The minimum atomic E-state index is -5.80. The van der Waals surface area contributed by atoms with Gasteiger partial charge in [0.1, 0.15) is 73.2 Å². The van der Waals surface area contributed by atoms with E-state index >= 15 is 0 Å². The Morgan fingerprint density at radius 3 is 0.889 bits per heavy atom. The van der Waals surface area contributed by atoms with Crippen LogP contribution in [0.15, 0.2) is 110 Å². The maximum absolute atomic E-state index is 12.5. The second-order valence-electron chi connectivity index (χ2n) is 30.9. The lowest BCUT2D eigenvalue weighted by atomic mass is 10.1. The third kappa shape index (κ3) is 34.6. The summed E-state index contributed by atoms with van der Waals surface area (Å²) in [6.45, 7) is 17.1. The van der Waals surface area contributed by atoms with Gasteiger partial charge in [0, 0.05) is 78.7 Å². The SMILES string of the molecule is CC(=O)N(CC=C(C)C)Cc1cn([C@@H]2O[C@H](CO)[C@H](O)C2O)c(=O)[nH]c1=O.CC(=O)N(CC=C(C)C)Cc1cn([C@@H]2O[C@H](COP(=O)(Cl)Cl)[C@H](O)C2O)c(=O)[nH]c1=O.CC(=O)N(CC=C(C)C)Cc1cn([C@@H]2O[C@H](COP(=O)(O)OP(=O)(O)OP(=O)(O)O)[C@H](O)C2O)c(=O)[nH]c1=O.CC(=O)N(CC=C(C)C)Cc1cn([C@@H]2O[C@H](COP3(=O)OP(=O)(O)OP(=O)(O)O3)[C@H](O)C2O)c(=O)[nH]c1=O. The average Bonchev–Trinajstić information content (AvgIpc) is 1.16. The van der Waals surface area contributed by atoms with Gasteiger partial charge in [-0.15, -0.1) is 0 Å². The molecule has 9 rings (SSSR count). The smallest absolute Gasteiger partial charge is 0.394 e. The Bertz CT molecular complexity index is 5920. The van der Waals surface area contributed by atoms with Gasteiger partial charge >= 0.3 is 75.8 Å². The van der Waals surface area contributed by atoms with Crippen LogP contribution >= 0.6 is 75.5 Å². The number of aliphatic hydroxyl groups is 9. The highest BCUT2D eigenvalue weighted by molar-refractivity contribution is 8.05. The Balaban J connectivity index is 0.000000279. The van der Waals surface area contributed by atoms with Crippen LogP contribution in [0.4, 0.5) is 0 Å². The van der Waals surface area contributed by atoms with E-state index in [-0.39, 0.29) is 91.7 Å². The predicted octanol–water partition coefficient (Wildman–Crippen LogP) is -1.79. The molecule has 67 heteroatoms. The highest BCUT2D eigenvalue weighted by atomic mass is 35.9. The summed E-state index contributed by atoms with van der Waals surface area (Å²) in [6, 6.07) is 0. The number of hydrogen-bond donors (Lipinski definition) is 19. The van der Waals surface area contributed by atoms with Crippen molar-refractivity contribution in [1.29, 1.82) is 0 Å². The number of ether oxygens (including phenoxy) is 4. The zero-order valence-corrected chi connectivity index (χ0v) is 80.9. The Kier molecular flexibility index (Phi) is 42.0. The number of hydrogen-bond acceptors (Lipinski definition) is 40. The monoisotopic (exact) mass is 2110 g/mol. The summed E-state index contributed by atoms with van der Waals surface area (Å²) in [4.78, 5) is 214. The zero-order chi connectivity index (χ0) is 102. The van der Waals surface area contributed by atoms with E-state index in [2.05, 4.69) is 36.0 Å². The lowest BCUT2D eigenvalue weighted by Gasteiger charge is -2.27. The van der Waals surface area contributed by atoms with Crippen molar-refractivity contribution < 1.29 is 181 Å². The van der Waals surface area contributed by atoms with E-state index in [1.807, 2.05) is 63.7 Å². The van der Waals surface area contributed by atoms with Gasteiger partial charge < -0.3 is 118 Å². The molecule has 0 aromatic carbocycles. The first-order chi connectivity index (χ1) is 62.1. The summed E-state index contributed by atoms with van der Waals surface area (Å²) >= 11 is 10.6. The van der Waals surface area contributed by atoms with Crippen molar-refractivity contribution in [3.8, 4) is 0 Å². The van der Waals surface area contributed by atoms with Crippen molar-refractivity contribution in [3.05, 3.63) is 177 Å². The number of aromatic nitrogens is 8. The molecule has 19 N–H and O–H groups in total. The minimum absolute atomic E-state index is 0.0521. The van der Waals surface area contributed by atoms with Crippen molar-refractivity contribution in [2.75, 3.05) is 52.6 Å². The number of phosphoric acid groups is 6. The van der Waals surface area contributed by atoms with E-state index in [1.54, 1.807) is 26.0 Å². The highest BCUT2D eigenvalue weighted by Gasteiger charge is 2.56. The standard InChI is InChI=1S/C17H24Cl2N3O8P.C17H28N3O16P3.C17H26N3O15P3.C17H25N3O7/c1-9(2)4-5-21(10(3)23)6-11-7-22(17(27)20-15(11)26)16-14(25)13(24)12(30-16)8-29-31(18,19)28;1-9(2)4-5-19(10(3)21)6-11-7-20(17(25)18-15(11)24)16-14(23)13(22)12(34-16)8-33-38(29,30)36-39(31,32)35-37(26,27)28;1-9(2)4-5-19(10(3)21)6-11-7-20(17(25)18-15(11)24)16-14(23)13(22)12(32-16)8-31-38(30)34-36(26,27)33-37(28,29)35-38;1-9(2)4-5-19(10(3)22)6-11-7-20(17(26)18-15(11)25)16-14(24)13(23)12(8-21)27-16/h4,7,12-14,16,24-25H,5-6,8H2,1-3H3,(H,20,26,27);4,7,12-14,16,22-23H,5-6,8H2,1-3H3,(H,29,30)(H,31,32)(H,18,24,25)(H2,26,27,28);4,7,12-14,16,22-23H,5-6,8H2,1-3H3,(H,26,27)(H,28,29)(H,18,24,25);4,7,12-14,16,21,23-24H,5-6,8H2,1-3H3,(H,18,25,26)/t4*12-,13+,14?,16-/m1111/s1. The maximum Gasteiger partial charge on any atom is 0.492 e. The molecule has 0 radical (unpaired) electrons. The number of nitrogens with zero attached hydrogens (tertiary/aromatic N) is 8. The number of aliphatic hydroxyl groups excluding tert-OH is 9. The number of allylic oxidation sites excluding steroid dienone is 4. The van der Waals surface area contributed by atoms with Crippen molar-refractivity contribution in [3.63, 3.8) is 0 Å². The molecule has 0 saturated carbocycles. The number of H-pyrrole nitrogens is 4. The van der Waals surface area contributed by atoms with Gasteiger partial charge in [0.15, 0.2) is 24.9 Å². The fourth-order valence-corrected chi connectivity index (χ4v) is 20.8. The quantitative estimate of drug-likeness (QED) is 0.0181. The molecule has 5 aliphatic rings. The number of carbonyl (C=O) groups is 4. The lowest BCUT2D eigenvalue weighted by molar-refractivity contribution is -0.129. The van der Waals surface area contributed by atoms with E-state index in [0.29, 0.717) is 11.1 Å². The molecular formula is C68H103Cl2N12O46P7. The first kappa shape index (κ1) is 116. The molecular weight excluding hydrogens is 2010 g/mol. The van der Waals surface area contributed by atoms with Crippen molar-refractivity contribution in [1.82, 2.24) is 57.8 Å². The number of carbonyl (C=O) groups excluding carboxylic acids is 4. The van der Waals surface area contributed by atoms with E-state index in [1.165, 1.54) is 53.5 Å². The third-order valence-electron chi connectivity index (χ3n) is 19.1. The van der Waals surface area contributed by atoms with Gasteiger partial charge in [0.05, 0.1) is 74.9 Å². The summed E-state index contributed by atoms with van der Waals surface area (Å²) in [5, 5.41) is 91.2. The molecule has 20 atom stereocenters. The van der Waals surface area contributed by atoms with E-state index in [4.69, 9.17) is 60.3 Å². The number of aromatic amines is 4. The summed E-state index contributed by atoms with van der Waals surface area (Å²) in [6.07, 6.45) is -17.2. The van der Waals surface area contributed by atoms with E-state index in [9.17, 15) is 155 Å². The molecule has 0 spiro atoms. The van der Waals surface area contributed by atoms with Crippen LogP contribution in [0.1, 0.15) is 130 Å². The predicted molar refractivity (Wildman–Crippen MR) is 460 cm³/mol. The summed E-state index contributed by atoms with van der Waals surface area (Å²) < 4.78 is 139. The Morgan fingerprint density at radius 2 is 0.652 bits per heavy atom. The van der Waals surface area contributed by atoms with Crippen LogP contribution in [0.5, 0.6) is 0 Å². The maximum atomic E-state index is 12.5. The summed E-state index contributed by atoms with van der Waals surface area (Å²) in [7, 11) is -32.8. The second-order valence-corrected chi connectivity index (χ2v) is 44.6. The molecule has 135 heavy (non-hydrogen) atoms. The average molecular weight is 2110 g/mol. The molecule has 4 aromatic heterocycles. The fraction of sp³-hybridized carbons (Fsp3) is 0.588. The largest absolute Gasteiger partial charge is 0.492 e. The van der Waals surface area contributed by atoms with Gasteiger partial charge in [0.25, 0.3) is 22.2 Å². The lowest BCUT2D eigenvalue weighted by Crippen LogP contribution is -2.40. The molecule has 5 fully saturated rings. The topological polar surface area (TPSA) is 834 Å². The molecule has 58 nitrogen and oxygen atoms in total. The normalized spacial score (nSPS) is 27.3. The number of phosphoric ester groups is 1. The van der Waals surface area contributed by atoms with Gasteiger partial charge in [0.2, 0.25) is 23.6 Å². The minimum Gasteiger partial charge on any atom is -0.394 e. The second kappa shape index (κ2) is 48.7. The van der Waals surface area contributed by atoms with Crippen LogP contribution in [-0.4, -0.2) is 283 Å². The van der Waals surface area contributed by atoms with Crippen molar-refractivity contribution >= 4 is 99.1 Å². The number of nitrogens with one attached hydrogen (secondary N) is 4. The van der Waals surface area contributed by atoms with Gasteiger partial charge in [-0.3, -0.25) is 90.2 Å². The van der Waals surface area contributed by atoms with Gasteiger partial charge in [-0.1, -0.05) is 46.6 Å². The van der Waals surface area contributed by atoms with Crippen molar-refractivity contribution in [2.45, 2.75) is 207 Å². The summed E-state index contributed by atoms with van der Waals surface area (Å²) in [5.41, 5.74) is -3.02. The number of amides is 4. The molecule has 9 heterocycles. The molecule has 8 unspecified atom stereocenters. The highest BCUT2D eigenvalue weighted by Crippen LogP contribution is 2.80. The van der Waals surface area contributed by atoms with Crippen LogP contribution in [0.25, 0.3) is 0 Å². The van der Waals surface area contributed by atoms with Crippen LogP contribution < -0.4 is 45.0 Å². The summed E-state index contributed by atoms with van der Waals surface area (Å²) in [5.74, 6) is -1.29. The van der Waals surface area contributed by atoms with Crippen molar-refractivity contribution in [2.24, 2.45) is 0 Å². The first-order valence-electron chi connectivity index (χ1n) is 39.1. The van der Waals surface area contributed by atoms with Gasteiger partial charge in [-0.05, 0) is 77.9 Å². The molecule has 760 valence electrons. The molecule has 0 aliphatic carbocycles. The van der Waals surface area contributed by atoms with Crippen LogP contribution in [0.3, 0.4) is 0 Å².